The van der Waals surface area contributed by atoms with Crippen molar-refractivity contribution >= 4 is 0 Å². The number of hydrogen-bond acceptors (Lipinski definition) is 2. The average Bonchev–Trinajstić information content (AvgIpc) is 2.30. The molecule has 82 valence electrons. The van der Waals surface area contributed by atoms with E-state index in [4.69, 9.17) is 5.73 Å². The van der Waals surface area contributed by atoms with Gasteiger partial charge in [0.2, 0.25) is 0 Å². The Morgan fingerprint density at radius 1 is 0.875 bits per heavy atom. The van der Waals surface area contributed by atoms with Gasteiger partial charge in [-0.15, -0.1) is 0 Å². The van der Waals surface area contributed by atoms with Crippen LogP contribution < -0.4 is 5.73 Å². The zero-order valence-corrected chi connectivity index (χ0v) is 9.22. The van der Waals surface area contributed by atoms with Gasteiger partial charge < -0.3 is 10.8 Å². The molecule has 2 nitrogen and oxygen atoms in total. The van der Waals surface area contributed by atoms with Crippen LogP contribution in [0.4, 0.5) is 0 Å². The quantitative estimate of drug-likeness (QED) is 0.805. The van der Waals surface area contributed by atoms with Gasteiger partial charge in [-0.25, -0.2) is 0 Å². The summed E-state index contributed by atoms with van der Waals surface area (Å²) in [6, 6.07) is 15.0. The third-order valence-electron chi connectivity index (χ3n) is 2.69. The number of phenolic OH excluding ortho intramolecular Hbond substituents is 1. The molecule has 0 bridgehead atoms. The maximum atomic E-state index is 9.20. The third-order valence-corrected chi connectivity index (χ3v) is 2.69. The van der Waals surface area contributed by atoms with Crippen LogP contribution in [0, 0.1) is 6.92 Å². The van der Waals surface area contributed by atoms with Crippen LogP contribution in [0.15, 0.2) is 48.5 Å². The Morgan fingerprint density at radius 3 is 1.81 bits per heavy atom. The molecule has 0 amide bonds. The zero-order valence-electron chi connectivity index (χ0n) is 9.22. The Hall–Kier alpha value is -1.80. The molecular formula is C14H15NO. The summed E-state index contributed by atoms with van der Waals surface area (Å²) in [7, 11) is 0. The van der Waals surface area contributed by atoms with Crippen molar-refractivity contribution in [3.05, 3.63) is 65.2 Å². The molecule has 0 radical (unpaired) electrons. The van der Waals surface area contributed by atoms with Crippen molar-refractivity contribution in [2.75, 3.05) is 0 Å². The molecule has 0 heterocycles. The molecule has 0 spiro atoms. The van der Waals surface area contributed by atoms with Gasteiger partial charge in [0.15, 0.2) is 0 Å². The van der Waals surface area contributed by atoms with Gasteiger partial charge in [0.1, 0.15) is 5.75 Å². The van der Waals surface area contributed by atoms with Crippen molar-refractivity contribution in [1.29, 1.82) is 0 Å². The summed E-state index contributed by atoms with van der Waals surface area (Å²) >= 11 is 0. The molecule has 16 heavy (non-hydrogen) atoms. The summed E-state index contributed by atoms with van der Waals surface area (Å²) in [5.41, 5.74) is 9.44. The normalized spacial score (nSPS) is 12.4. The van der Waals surface area contributed by atoms with E-state index < -0.39 is 0 Å². The van der Waals surface area contributed by atoms with Crippen LogP contribution in [-0.2, 0) is 0 Å². The first-order valence-electron chi connectivity index (χ1n) is 5.28. The predicted octanol–water partition coefficient (Wildman–Crippen LogP) is 2.75. The molecular weight excluding hydrogens is 198 g/mol. The second-order valence-corrected chi connectivity index (χ2v) is 3.98. The van der Waals surface area contributed by atoms with E-state index in [0.717, 1.165) is 11.1 Å². The molecule has 2 heteroatoms. The van der Waals surface area contributed by atoms with Crippen molar-refractivity contribution in [3.8, 4) is 5.75 Å². The molecule has 0 aliphatic heterocycles. The van der Waals surface area contributed by atoms with Crippen molar-refractivity contribution in [2.45, 2.75) is 13.0 Å². The number of aryl methyl sites for hydroxylation is 1. The fraction of sp³-hybridized carbons (Fsp3) is 0.143. The van der Waals surface area contributed by atoms with Crippen molar-refractivity contribution in [2.24, 2.45) is 5.73 Å². The summed E-state index contributed by atoms with van der Waals surface area (Å²) in [4.78, 5) is 0. The van der Waals surface area contributed by atoms with Crippen LogP contribution >= 0.6 is 0 Å². The Kier molecular flexibility index (Phi) is 2.93. The maximum absolute atomic E-state index is 9.20. The van der Waals surface area contributed by atoms with Gasteiger partial charge in [-0.05, 0) is 30.2 Å². The van der Waals surface area contributed by atoms with E-state index in [1.54, 1.807) is 12.1 Å². The largest absolute Gasteiger partial charge is 0.508 e. The first kappa shape index (κ1) is 10.7. The van der Waals surface area contributed by atoms with Gasteiger partial charge in [0, 0.05) is 0 Å². The Balaban J connectivity index is 2.28. The van der Waals surface area contributed by atoms with Gasteiger partial charge in [0.25, 0.3) is 0 Å². The average molecular weight is 213 g/mol. The van der Waals surface area contributed by atoms with Gasteiger partial charge >= 0.3 is 0 Å². The van der Waals surface area contributed by atoms with E-state index in [1.807, 2.05) is 24.3 Å². The van der Waals surface area contributed by atoms with Crippen LogP contribution in [0.5, 0.6) is 5.75 Å². The molecule has 0 unspecified atom stereocenters. The molecule has 2 aromatic rings. The minimum atomic E-state index is -0.138. The number of rotatable bonds is 2. The van der Waals surface area contributed by atoms with Crippen molar-refractivity contribution in [3.63, 3.8) is 0 Å². The topological polar surface area (TPSA) is 46.2 Å². The first-order chi connectivity index (χ1) is 7.66. The van der Waals surface area contributed by atoms with Crippen LogP contribution in [0.1, 0.15) is 22.7 Å². The minimum Gasteiger partial charge on any atom is -0.508 e. The summed E-state index contributed by atoms with van der Waals surface area (Å²) < 4.78 is 0. The number of benzene rings is 2. The summed E-state index contributed by atoms with van der Waals surface area (Å²) in [5, 5.41) is 9.20. The molecule has 0 saturated heterocycles. The second-order valence-electron chi connectivity index (χ2n) is 3.98. The highest BCUT2D eigenvalue weighted by Gasteiger charge is 2.07. The van der Waals surface area contributed by atoms with Crippen LogP contribution in [0.25, 0.3) is 0 Å². The number of phenols is 1. The van der Waals surface area contributed by atoms with E-state index in [0.29, 0.717) is 0 Å². The summed E-state index contributed by atoms with van der Waals surface area (Å²) in [6.07, 6.45) is 0. The van der Waals surface area contributed by atoms with Crippen LogP contribution in [0.3, 0.4) is 0 Å². The Bertz CT molecular complexity index is 414. The third kappa shape index (κ3) is 2.23. The monoisotopic (exact) mass is 213 g/mol. The van der Waals surface area contributed by atoms with E-state index in [1.165, 1.54) is 5.56 Å². The highest BCUT2D eigenvalue weighted by atomic mass is 16.3. The molecule has 0 aliphatic rings. The van der Waals surface area contributed by atoms with Gasteiger partial charge in [-0.2, -0.15) is 0 Å². The number of nitrogens with two attached hydrogens (primary N) is 1. The predicted molar refractivity (Wildman–Crippen MR) is 65.3 cm³/mol. The molecule has 1 atom stereocenters. The Labute approximate surface area is 95.4 Å². The highest BCUT2D eigenvalue weighted by molar-refractivity contribution is 5.35. The molecule has 0 saturated carbocycles. The standard InChI is InChI=1S/C14H15NO/c1-10-2-4-11(5-3-10)14(15)12-6-8-13(16)9-7-12/h2-9,14,16H,15H2,1H3/t14-/m1/s1. The molecule has 3 N–H and O–H groups in total. The highest BCUT2D eigenvalue weighted by Crippen LogP contribution is 2.21. The zero-order chi connectivity index (χ0) is 11.5. The fourth-order valence-corrected chi connectivity index (χ4v) is 1.65. The number of hydrogen-bond donors (Lipinski definition) is 2. The molecule has 2 aromatic carbocycles. The van der Waals surface area contributed by atoms with E-state index in [-0.39, 0.29) is 11.8 Å². The van der Waals surface area contributed by atoms with Gasteiger partial charge in [-0.3, -0.25) is 0 Å². The molecule has 0 fully saturated rings. The Morgan fingerprint density at radius 2 is 1.31 bits per heavy atom. The second kappa shape index (κ2) is 4.37. The fourth-order valence-electron chi connectivity index (χ4n) is 1.65. The summed E-state index contributed by atoms with van der Waals surface area (Å²) in [6.45, 7) is 2.05. The van der Waals surface area contributed by atoms with E-state index in [9.17, 15) is 5.11 Å². The lowest BCUT2D eigenvalue weighted by Gasteiger charge is -2.12. The van der Waals surface area contributed by atoms with Crippen molar-refractivity contribution in [1.82, 2.24) is 0 Å². The van der Waals surface area contributed by atoms with E-state index in [2.05, 4.69) is 19.1 Å². The van der Waals surface area contributed by atoms with Crippen LogP contribution in [0.2, 0.25) is 0 Å². The lowest BCUT2D eigenvalue weighted by atomic mass is 9.99. The molecule has 2 rings (SSSR count). The van der Waals surface area contributed by atoms with E-state index >= 15 is 0 Å². The van der Waals surface area contributed by atoms with Crippen LogP contribution in [-0.4, -0.2) is 5.11 Å². The van der Waals surface area contributed by atoms with Gasteiger partial charge in [-0.1, -0.05) is 42.0 Å². The smallest absolute Gasteiger partial charge is 0.115 e. The summed E-state index contributed by atoms with van der Waals surface area (Å²) in [5.74, 6) is 0.264. The lowest BCUT2D eigenvalue weighted by molar-refractivity contribution is 0.475. The SMILES string of the molecule is Cc1ccc([C@@H](N)c2ccc(O)cc2)cc1. The lowest BCUT2D eigenvalue weighted by Crippen LogP contribution is -2.11. The maximum Gasteiger partial charge on any atom is 0.115 e. The molecule has 0 aliphatic carbocycles. The number of aromatic hydroxyl groups is 1. The van der Waals surface area contributed by atoms with Gasteiger partial charge in [0.05, 0.1) is 6.04 Å². The van der Waals surface area contributed by atoms with Crippen molar-refractivity contribution < 1.29 is 5.11 Å². The minimum absolute atomic E-state index is 0.138. The first-order valence-corrected chi connectivity index (χ1v) is 5.28. The molecule has 0 aromatic heterocycles.